The number of hydrogen-bond donors (Lipinski definition) is 3. The smallest absolute Gasteiger partial charge is 0.326 e. The summed E-state index contributed by atoms with van der Waals surface area (Å²) in [5.74, 6) is -2.84. The molecule has 0 radical (unpaired) electrons. The van der Waals surface area contributed by atoms with Crippen molar-refractivity contribution in [3.05, 3.63) is 47.1 Å². The van der Waals surface area contributed by atoms with Gasteiger partial charge in [0.1, 0.15) is 6.04 Å². The summed E-state index contributed by atoms with van der Waals surface area (Å²) in [7, 11) is 0. The molecule has 3 aromatic rings. The number of nitrogens with zero attached hydrogens (tertiary/aromatic N) is 2. The summed E-state index contributed by atoms with van der Waals surface area (Å²) < 4.78 is 1.82. The molecule has 2 aromatic heterocycles. The van der Waals surface area contributed by atoms with Gasteiger partial charge in [0.25, 0.3) is 0 Å². The van der Waals surface area contributed by atoms with E-state index in [1.54, 1.807) is 5.38 Å². The number of carboxylic acid groups (broad SMARTS) is 2. The molecule has 0 saturated heterocycles. The fourth-order valence-electron chi connectivity index (χ4n) is 2.94. The van der Waals surface area contributed by atoms with Crippen LogP contribution >= 0.6 is 11.3 Å². The Hall–Kier alpha value is -3.20. The molecule has 0 aliphatic rings. The number of thiazole rings is 1. The zero-order chi connectivity index (χ0) is 21.0. The van der Waals surface area contributed by atoms with Gasteiger partial charge in [-0.15, -0.1) is 11.3 Å². The molecule has 3 N–H and O–H groups in total. The molecule has 0 fully saturated rings. The highest BCUT2D eigenvalue weighted by molar-refractivity contribution is 7.15. The van der Waals surface area contributed by atoms with E-state index in [-0.39, 0.29) is 19.3 Å². The molecule has 1 amide bonds. The van der Waals surface area contributed by atoms with E-state index in [1.165, 1.54) is 16.9 Å². The number of aryl methyl sites for hydroxylation is 1. The number of rotatable bonds is 9. The highest BCUT2D eigenvalue weighted by Crippen LogP contribution is 2.24. The summed E-state index contributed by atoms with van der Waals surface area (Å²) in [5, 5.41) is 22.1. The van der Waals surface area contributed by atoms with Crippen molar-refractivity contribution in [2.75, 3.05) is 0 Å². The number of fused-ring (bicyclic) bond motifs is 1. The van der Waals surface area contributed by atoms with Crippen molar-refractivity contribution in [1.29, 1.82) is 0 Å². The first-order valence-corrected chi connectivity index (χ1v) is 10.0. The first-order chi connectivity index (χ1) is 13.9. The number of benzene rings is 1. The summed E-state index contributed by atoms with van der Waals surface area (Å²) in [6.45, 7) is 2.09. The number of imidazole rings is 1. The normalized spacial score (nSPS) is 12.0. The number of carbonyl (C=O) groups is 3. The number of aromatic nitrogens is 2. The zero-order valence-electron chi connectivity index (χ0n) is 15.8. The van der Waals surface area contributed by atoms with Gasteiger partial charge in [0.05, 0.1) is 12.1 Å². The SMILES string of the molecule is CCc1ccc(-c2cn3c(CC(=O)NC(CCC(=O)O)C(=O)O)csc3n2)cc1. The molecule has 3 rings (SSSR count). The molecule has 0 bridgehead atoms. The van der Waals surface area contributed by atoms with Crippen LogP contribution in [-0.4, -0.2) is 43.5 Å². The largest absolute Gasteiger partial charge is 0.481 e. The van der Waals surface area contributed by atoms with Crippen LogP contribution in [0, 0.1) is 0 Å². The van der Waals surface area contributed by atoms with E-state index in [1.807, 2.05) is 22.7 Å². The molecule has 1 unspecified atom stereocenters. The maximum absolute atomic E-state index is 12.3. The number of carbonyl (C=O) groups excluding carboxylic acids is 1. The highest BCUT2D eigenvalue weighted by Gasteiger charge is 2.22. The van der Waals surface area contributed by atoms with Crippen LogP contribution < -0.4 is 5.32 Å². The number of aliphatic carboxylic acids is 2. The summed E-state index contributed by atoms with van der Waals surface area (Å²) >= 11 is 1.40. The van der Waals surface area contributed by atoms with Gasteiger partial charge in [-0.2, -0.15) is 0 Å². The van der Waals surface area contributed by atoms with Crippen LogP contribution in [0.1, 0.15) is 31.0 Å². The Bertz CT molecular complexity index is 1040. The molecule has 0 aliphatic heterocycles. The summed E-state index contributed by atoms with van der Waals surface area (Å²) in [5.41, 5.74) is 3.70. The second-order valence-electron chi connectivity index (χ2n) is 6.62. The second-order valence-corrected chi connectivity index (χ2v) is 7.46. The van der Waals surface area contributed by atoms with E-state index >= 15 is 0 Å². The molecular formula is C20H21N3O5S. The van der Waals surface area contributed by atoms with Crippen LogP contribution in [0.4, 0.5) is 0 Å². The molecule has 1 aromatic carbocycles. The third-order valence-electron chi connectivity index (χ3n) is 4.56. The minimum atomic E-state index is -1.25. The first-order valence-electron chi connectivity index (χ1n) is 9.16. The number of carboxylic acids is 2. The van der Waals surface area contributed by atoms with Gasteiger partial charge in [0, 0.05) is 29.3 Å². The van der Waals surface area contributed by atoms with E-state index in [9.17, 15) is 19.5 Å². The van der Waals surface area contributed by atoms with Crippen LogP contribution in [0.3, 0.4) is 0 Å². The van der Waals surface area contributed by atoms with E-state index in [0.29, 0.717) is 5.69 Å². The quantitative estimate of drug-likeness (QED) is 0.494. The fraction of sp³-hybridized carbons (Fsp3) is 0.300. The monoisotopic (exact) mass is 415 g/mol. The van der Waals surface area contributed by atoms with Crippen molar-refractivity contribution in [2.45, 2.75) is 38.6 Å². The third-order valence-corrected chi connectivity index (χ3v) is 5.45. The maximum atomic E-state index is 12.3. The Morgan fingerprint density at radius 2 is 1.93 bits per heavy atom. The highest BCUT2D eigenvalue weighted by atomic mass is 32.1. The molecule has 2 heterocycles. The second kappa shape index (κ2) is 8.87. The lowest BCUT2D eigenvalue weighted by Crippen LogP contribution is -2.41. The van der Waals surface area contributed by atoms with Crippen LogP contribution in [0.25, 0.3) is 16.2 Å². The van der Waals surface area contributed by atoms with Crippen LogP contribution in [0.2, 0.25) is 0 Å². The minimum absolute atomic E-state index is 0.0264. The summed E-state index contributed by atoms with van der Waals surface area (Å²) in [4.78, 5) is 39.5. The Balaban J connectivity index is 1.72. The van der Waals surface area contributed by atoms with E-state index in [0.717, 1.165) is 22.6 Å². The number of hydrogen-bond acceptors (Lipinski definition) is 5. The van der Waals surface area contributed by atoms with E-state index in [4.69, 9.17) is 5.11 Å². The van der Waals surface area contributed by atoms with Crippen molar-refractivity contribution in [1.82, 2.24) is 14.7 Å². The predicted molar refractivity (Wildman–Crippen MR) is 108 cm³/mol. The predicted octanol–water partition coefficient (Wildman–Crippen LogP) is 2.60. The molecule has 29 heavy (non-hydrogen) atoms. The van der Waals surface area contributed by atoms with Gasteiger partial charge < -0.3 is 15.5 Å². The topological polar surface area (TPSA) is 121 Å². The van der Waals surface area contributed by atoms with E-state index in [2.05, 4.69) is 29.4 Å². The van der Waals surface area contributed by atoms with Crippen LogP contribution in [0.5, 0.6) is 0 Å². The van der Waals surface area contributed by atoms with Crippen LogP contribution in [-0.2, 0) is 27.2 Å². The van der Waals surface area contributed by atoms with Gasteiger partial charge in [-0.3, -0.25) is 14.0 Å². The van der Waals surface area contributed by atoms with Crippen molar-refractivity contribution in [2.24, 2.45) is 0 Å². The fourth-order valence-corrected chi connectivity index (χ4v) is 3.81. The van der Waals surface area contributed by atoms with Gasteiger partial charge in [0.2, 0.25) is 5.91 Å². The van der Waals surface area contributed by atoms with Crippen molar-refractivity contribution in [3.63, 3.8) is 0 Å². The van der Waals surface area contributed by atoms with Gasteiger partial charge in [0.15, 0.2) is 4.96 Å². The van der Waals surface area contributed by atoms with Crippen molar-refractivity contribution in [3.8, 4) is 11.3 Å². The summed E-state index contributed by atoms with van der Waals surface area (Å²) in [6, 6.07) is 6.90. The third kappa shape index (κ3) is 5.00. The molecule has 0 spiro atoms. The standard InChI is InChI=1S/C20H21N3O5S/c1-2-12-3-5-13(6-4-12)16-10-23-14(11-29-20(23)22-16)9-17(24)21-15(19(27)28)7-8-18(25)26/h3-6,10-11,15H,2,7-9H2,1H3,(H,21,24)(H,25,26)(H,27,28). The van der Waals surface area contributed by atoms with Gasteiger partial charge in [-0.1, -0.05) is 31.2 Å². The number of nitrogens with one attached hydrogen (secondary N) is 1. The van der Waals surface area contributed by atoms with Crippen molar-refractivity contribution >= 4 is 34.1 Å². The number of amides is 1. The molecule has 0 aliphatic carbocycles. The Labute approximate surface area is 170 Å². The van der Waals surface area contributed by atoms with Gasteiger partial charge >= 0.3 is 11.9 Å². The maximum Gasteiger partial charge on any atom is 0.326 e. The molecule has 152 valence electrons. The lowest BCUT2D eigenvalue weighted by Gasteiger charge is -2.13. The molecular weight excluding hydrogens is 394 g/mol. The van der Waals surface area contributed by atoms with Crippen LogP contribution in [0.15, 0.2) is 35.8 Å². The Morgan fingerprint density at radius 3 is 2.55 bits per heavy atom. The molecule has 8 nitrogen and oxygen atoms in total. The zero-order valence-corrected chi connectivity index (χ0v) is 16.6. The molecule has 1 atom stereocenters. The lowest BCUT2D eigenvalue weighted by molar-refractivity contribution is -0.143. The molecule has 0 saturated carbocycles. The Kier molecular flexibility index (Phi) is 6.28. The van der Waals surface area contributed by atoms with Gasteiger partial charge in [-0.05, 0) is 18.4 Å². The average molecular weight is 415 g/mol. The van der Waals surface area contributed by atoms with Gasteiger partial charge in [-0.25, -0.2) is 9.78 Å². The van der Waals surface area contributed by atoms with E-state index < -0.39 is 23.9 Å². The molecule has 9 heteroatoms. The minimum Gasteiger partial charge on any atom is -0.481 e. The average Bonchev–Trinajstić information content (AvgIpc) is 3.27. The first kappa shape index (κ1) is 20.5. The summed E-state index contributed by atoms with van der Waals surface area (Å²) in [6.07, 6.45) is 2.29. The van der Waals surface area contributed by atoms with Crippen molar-refractivity contribution < 1.29 is 24.6 Å². The Morgan fingerprint density at radius 1 is 1.21 bits per heavy atom. The lowest BCUT2D eigenvalue weighted by atomic mass is 10.1.